The number of amides is 2. The SMILES string of the molecule is O=C(NCc1sccc1Br)Nc1ccc(C(=O)O)cc1. The highest BCUT2D eigenvalue weighted by molar-refractivity contribution is 9.10. The number of thiophene rings is 1. The van der Waals surface area contributed by atoms with E-state index < -0.39 is 5.97 Å². The van der Waals surface area contributed by atoms with Crippen LogP contribution in [-0.4, -0.2) is 17.1 Å². The van der Waals surface area contributed by atoms with Crippen molar-refractivity contribution in [1.29, 1.82) is 0 Å². The summed E-state index contributed by atoms with van der Waals surface area (Å²) in [5.74, 6) is -0.997. The highest BCUT2D eigenvalue weighted by Gasteiger charge is 2.06. The number of urea groups is 1. The summed E-state index contributed by atoms with van der Waals surface area (Å²) >= 11 is 4.94. The van der Waals surface area contributed by atoms with Crippen molar-refractivity contribution in [2.24, 2.45) is 0 Å². The number of carboxylic acid groups (broad SMARTS) is 1. The van der Waals surface area contributed by atoms with Gasteiger partial charge in [0.15, 0.2) is 0 Å². The predicted octanol–water partition coefficient (Wildman–Crippen LogP) is 3.53. The summed E-state index contributed by atoms with van der Waals surface area (Å²) < 4.78 is 0.966. The minimum Gasteiger partial charge on any atom is -0.478 e. The molecule has 0 spiro atoms. The van der Waals surface area contributed by atoms with Gasteiger partial charge in [-0.2, -0.15) is 0 Å². The number of carbonyl (C=O) groups is 2. The molecule has 0 aliphatic rings. The molecule has 1 heterocycles. The van der Waals surface area contributed by atoms with Crippen LogP contribution < -0.4 is 10.6 Å². The fourth-order valence-corrected chi connectivity index (χ4v) is 2.92. The molecule has 104 valence electrons. The topological polar surface area (TPSA) is 78.4 Å². The number of nitrogens with one attached hydrogen (secondary N) is 2. The molecule has 0 radical (unpaired) electrons. The Morgan fingerprint density at radius 3 is 2.45 bits per heavy atom. The number of benzene rings is 1. The fraction of sp³-hybridized carbons (Fsp3) is 0.0769. The van der Waals surface area contributed by atoms with E-state index in [4.69, 9.17) is 5.11 Å². The van der Waals surface area contributed by atoms with Gasteiger partial charge in [-0.1, -0.05) is 0 Å². The molecule has 7 heteroatoms. The van der Waals surface area contributed by atoms with Crippen molar-refractivity contribution in [2.75, 3.05) is 5.32 Å². The van der Waals surface area contributed by atoms with Gasteiger partial charge in [0.1, 0.15) is 0 Å². The second-order valence-electron chi connectivity index (χ2n) is 3.88. The molecule has 0 unspecified atom stereocenters. The zero-order chi connectivity index (χ0) is 14.5. The van der Waals surface area contributed by atoms with Crippen molar-refractivity contribution in [2.45, 2.75) is 6.54 Å². The summed E-state index contributed by atoms with van der Waals surface area (Å²) in [4.78, 5) is 23.4. The van der Waals surface area contributed by atoms with E-state index in [9.17, 15) is 9.59 Å². The monoisotopic (exact) mass is 354 g/mol. The van der Waals surface area contributed by atoms with Gasteiger partial charge in [-0.25, -0.2) is 9.59 Å². The van der Waals surface area contributed by atoms with Gasteiger partial charge in [-0.3, -0.25) is 0 Å². The van der Waals surface area contributed by atoms with Crippen LogP contribution in [0.3, 0.4) is 0 Å². The van der Waals surface area contributed by atoms with Gasteiger partial charge in [-0.15, -0.1) is 11.3 Å². The molecule has 2 aromatic rings. The maximum atomic E-state index is 11.7. The maximum Gasteiger partial charge on any atom is 0.335 e. The van der Waals surface area contributed by atoms with E-state index in [-0.39, 0.29) is 11.6 Å². The summed E-state index contributed by atoms with van der Waals surface area (Å²) in [6, 6.07) is 7.55. The van der Waals surface area contributed by atoms with Crippen molar-refractivity contribution in [3.05, 3.63) is 50.6 Å². The van der Waals surface area contributed by atoms with Crippen molar-refractivity contribution in [3.63, 3.8) is 0 Å². The van der Waals surface area contributed by atoms with Gasteiger partial charge in [0.05, 0.1) is 12.1 Å². The second-order valence-corrected chi connectivity index (χ2v) is 5.74. The second kappa shape index (κ2) is 6.53. The van der Waals surface area contributed by atoms with E-state index >= 15 is 0 Å². The number of carboxylic acids is 1. The predicted molar refractivity (Wildman–Crippen MR) is 81.3 cm³/mol. The summed E-state index contributed by atoms with van der Waals surface area (Å²) in [7, 11) is 0. The smallest absolute Gasteiger partial charge is 0.335 e. The Labute approximate surface area is 127 Å². The van der Waals surface area contributed by atoms with Gasteiger partial charge >= 0.3 is 12.0 Å². The lowest BCUT2D eigenvalue weighted by Crippen LogP contribution is -2.27. The van der Waals surface area contributed by atoms with Crippen molar-refractivity contribution in [3.8, 4) is 0 Å². The zero-order valence-electron chi connectivity index (χ0n) is 10.2. The first-order valence-corrected chi connectivity index (χ1v) is 7.33. The molecule has 2 amide bonds. The first kappa shape index (κ1) is 14.5. The van der Waals surface area contributed by atoms with E-state index in [1.54, 1.807) is 23.5 Å². The van der Waals surface area contributed by atoms with Crippen LogP contribution in [0.25, 0.3) is 0 Å². The highest BCUT2D eigenvalue weighted by atomic mass is 79.9. The molecule has 1 aromatic carbocycles. The molecule has 0 saturated heterocycles. The number of rotatable bonds is 4. The Morgan fingerprint density at radius 1 is 1.20 bits per heavy atom. The molecule has 0 aliphatic heterocycles. The number of hydrogen-bond acceptors (Lipinski definition) is 3. The molecule has 0 bridgehead atoms. The minimum atomic E-state index is -0.997. The van der Waals surface area contributed by atoms with E-state index in [0.29, 0.717) is 12.2 Å². The van der Waals surface area contributed by atoms with Gasteiger partial charge in [0.2, 0.25) is 0 Å². The lowest BCUT2D eigenvalue weighted by atomic mass is 10.2. The van der Waals surface area contributed by atoms with Gasteiger partial charge < -0.3 is 15.7 Å². The van der Waals surface area contributed by atoms with E-state index in [2.05, 4.69) is 26.6 Å². The third-order valence-electron chi connectivity index (χ3n) is 2.49. The van der Waals surface area contributed by atoms with Crippen molar-refractivity contribution < 1.29 is 14.7 Å². The molecule has 0 fully saturated rings. The Kier molecular flexibility index (Phi) is 4.75. The average molecular weight is 355 g/mol. The average Bonchev–Trinajstić information content (AvgIpc) is 2.82. The molecule has 0 atom stereocenters. The molecule has 2 rings (SSSR count). The van der Waals surface area contributed by atoms with Crippen LogP contribution in [-0.2, 0) is 6.54 Å². The lowest BCUT2D eigenvalue weighted by Gasteiger charge is -2.07. The molecule has 1 aromatic heterocycles. The molecule has 5 nitrogen and oxygen atoms in total. The van der Waals surface area contributed by atoms with Crippen LogP contribution in [0.1, 0.15) is 15.2 Å². The third-order valence-corrected chi connectivity index (χ3v) is 4.42. The van der Waals surface area contributed by atoms with E-state index in [1.165, 1.54) is 12.1 Å². The minimum absolute atomic E-state index is 0.179. The Bertz CT molecular complexity index is 625. The highest BCUT2D eigenvalue weighted by Crippen LogP contribution is 2.22. The number of hydrogen-bond donors (Lipinski definition) is 3. The molecular formula is C13H11BrN2O3S. The van der Waals surface area contributed by atoms with Crippen LogP contribution in [0.15, 0.2) is 40.2 Å². The molecule has 3 N–H and O–H groups in total. The van der Waals surface area contributed by atoms with Crippen LogP contribution in [0.4, 0.5) is 10.5 Å². The maximum absolute atomic E-state index is 11.7. The summed E-state index contributed by atoms with van der Waals surface area (Å²) in [6.07, 6.45) is 0. The lowest BCUT2D eigenvalue weighted by molar-refractivity contribution is 0.0697. The van der Waals surface area contributed by atoms with Gasteiger partial charge in [0, 0.05) is 15.0 Å². The van der Waals surface area contributed by atoms with Gasteiger partial charge in [-0.05, 0) is 51.6 Å². The van der Waals surface area contributed by atoms with Crippen LogP contribution in [0, 0.1) is 0 Å². The molecule has 0 aliphatic carbocycles. The number of aromatic carboxylic acids is 1. The van der Waals surface area contributed by atoms with Crippen LogP contribution in [0.2, 0.25) is 0 Å². The van der Waals surface area contributed by atoms with Crippen LogP contribution in [0.5, 0.6) is 0 Å². The number of anilines is 1. The Hall–Kier alpha value is -1.86. The summed E-state index contributed by atoms with van der Waals surface area (Å²) in [5, 5.41) is 16.1. The molecule has 20 heavy (non-hydrogen) atoms. The van der Waals surface area contributed by atoms with Gasteiger partial charge in [0.25, 0.3) is 0 Å². The van der Waals surface area contributed by atoms with E-state index in [1.807, 2.05) is 11.4 Å². The van der Waals surface area contributed by atoms with Crippen molar-refractivity contribution >= 4 is 45.0 Å². The zero-order valence-corrected chi connectivity index (χ0v) is 12.6. The number of carbonyl (C=O) groups excluding carboxylic acids is 1. The fourth-order valence-electron chi connectivity index (χ4n) is 1.48. The first-order valence-electron chi connectivity index (χ1n) is 5.66. The quantitative estimate of drug-likeness (QED) is 0.785. The van der Waals surface area contributed by atoms with E-state index in [0.717, 1.165) is 9.35 Å². The normalized spacial score (nSPS) is 10.1. The first-order chi connectivity index (χ1) is 9.56. The Balaban J connectivity index is 1.88. The largest absolute Gasteiger partial charge is 0.478 e. The third kappa shape index (κ3) is 3.82. The molecule has 0 saturated carbocycles. The summed E-state index contributed by atoms with van der Waals surface area (Å²) in [6.45, 7) is 0.428. The summed E-state index contributed by atoms with van der Waals surface area (Å²) in [5.41, 5.74) is 0.719. The Morgan fingerprint density at radius 2 is 1.90 bits per heavy atom. The van der Waals surface area contributed by atoms with Crippen LogP contribution >= 0.6 is 27.3 Å². The standard InChI is InChI=1S/C13H11BrN2O3S/c14-10-5-6-20-11(10)7-15-13(19)16-9-3-1-8(2-4-9)12(17)18/h1-6H,7H2,(H,17,18)(H2,15,16,19). The molecular weight excluding hydrogens is 344 g/mol. The van der Waals surface area contributed by atoms with Crippen molar-refractivity contribution in [1.82, 2.24) is 5.32 Å². The number of halogens is 1.